The molecule has 10 rings (SSSR count). The van der Waals surface area contributed by atoms with Gasteiger partial charge in [0.1, 0.15) is 5.82 Å². The molecule has 0 saturated heterocycles. The SMILES string of the molecule is [2H]c1nc(-n2c3[c-]c(Oc4[c-]c(-n5[c-][n+](-c6c(-c7c([2H])c([2H])c([2H])c([2H])c7[2H])cccc6-c6c([2H])c([2H])c([2H])c([2H])c6[2H])c6ccccc65)ccc4)ccc3c3ccccc32)c([2H])c(C([2H])([2H])C(C)(C)C)c1[2H].[Pt]. The minimum atomic E-state index is -2.19. The topological polar surface area (TPSA) is 35.9 Å². The van der Waals surface area contributed by atoms with Gasteiger partial charge in [0, 0.05) is 47.0 Å². The quantitative estimate of drug-likeness (QED) is 0.112. The number of aromatic nitrogens is 4. The van der Waals surface area contributed by atoms with Crippen LogP contribution in [-0.4, -0.2) is 14.1 Å². The number of nitrogens with zero attached hydrogens (tertiary/aromatic N) is 4. The van der Waals surface area contributed by atoms with Gasteiger partial charge in [0.15, 0.2) is 0 Å². The molecule has 0 bridgehead atoms. The minimum Gasteiger partial charge on any atom is -0.510 e. The monoisotopic (exact) mass is 958 g/mol. The fourth-order valence-electron chi connectivity index (χ4n) is 7.11. The largest absolute Gasteiger partial charge is 0.510 e. The van der Waals surface area contributed by atoms with E-state index in [2.05, 4.69) is 23.4 Å². The molecule has 0 amide bonds. The number of hydrogen-bond donors (Lipinski definition) is 0. The van der Waals surface area contributed by atoms with E-state index in [1.54, 1.807) is 95.1 Å². The summed E-state index contributed by atoms with van der Waals surface area (Å²) in [6.07, 6.45) is 0.670. The second-order valence-electron chi connectivity index (χ2n) is 14.4. The zero-order valence-electron chi connectivity index (χ0n) is 46.8. The standard InChI is InChI=1S/C53H40N4O.Pt/c1-53(2,3)35-37-30-31-54-51(32-37)57-47-25-11-10-22-45(47)46-29-28-42(34-50(46)57)58-41-21-14-20-40(33-41)55-36-56(49-27-13-12-26-48(49)55)52-43(38-16-6-4-7-17-38)23-15-24-44(52)39-18-8-5-9-19-39;/h4-32H,35H2,1-3H3;/q-2;/i4D,5D,6D,7D,8D,9D,16D,17D,18D,19D,30D,31D,32D,35D2;. The third kappa shape index (κ3) is 7.28. The van der Waals surface area contributed by atoms with E-state index < -0.39 is 84.4 Å². The number of hydrogen-bond acceptors (Lipinski definition) is 2. The maximum atomic E-state index is 9.34. The van der Waals surface area contributed by atoms with Crippen molar-refractivity contribution in [3.63, 3.8) is 0 Å². The van der Waals surface area contributed by atoms with Crippen molar-refractivity contribution in [2.75, 3.05) is 0 Å². The molecule has 5 nitrogen and oxygen atoms in total. The molecule has 0 spiro atoms. The molecule has 0 atom stereocenters. The zero-order chi connectivity index (χ0) is 52.3. The summed E-state index contributed by atoms with van der Waals surface area (Å²) >= 11 is 0. The van der Waals surface area contributed by atoms with Crippen LogP contribution in [0, 0.1) is 23.9 Å². The second-order valence-corrected chi connectivity index (χ2v) is 14.4. The van der Waals surface area contributed by atoms with Crippen LogP contribution in [0.2, 0.25) is 0 Å². The Morgan fingerprint density at radius 1 is 0.695 bits per heavy atom. The number of imidazole rings is 1. The fourth-order valence-corrected chi connectivity index (χ4v) is 7.11. The van der Waals surface area contributed by atoms with E-state index in [9.17, 15) is 1.37 Å². The van der Waals surface area contributed by atoms with Crippen LogP contribution in [0.3, 0.4) is 0 Å². The van der Waals surface area contributed by atoms with Crippen LogP contribution >= 0.6 is 0 Å². The molecule has 6 heteroatoms. The Labute approximate surface area is 380 Å². The first kappa shape index (κ1) is 24.4. The van der Waals surface area contributed by atoms with Crippen LogP contribution in [0.15, 0.2) is 176 Å². The first-order valence-electron chi connectivity index (χ1n) is 25.9. The predicted octanol–water partition coefficient (Wildman–Crippen LogP) is 12.5. The van der Waals surface area contributed by atoms with Crippen molar-refractivity contribution in [2.45, 2.75) is 27.1 Å². The average Bonchev–Trinajstić information content (AvgIpc) is 3.91. The van der Waals surface area contributed by atoms with Crippen LogP contribution < -0.4 is 9.30 Å². The summed E-state index contributed by atoms with van der Waals surface area (Å²) in [7, 11) is 0. The number of ether oxygens (including phenoxy) is 1. The zero-order valence-corrected chi connectivity index (χ0v) is 34.0. The number of rotatable bonds is 8. The Morgan fingerprint density at radius 3 is 2.08 bits per heavy atom. The van der Waals surface area contributed by atoms with Gasteiger partial charge in [0.05, 0.1) is 34.5 Å². The van der Waals surface area contributed by atoms with E-state index in [0.717, 1.165) is 5.39 Å². The van der Waals surface area contributed by atoms with Gasteiger partial charge in [-0.3, -0.25) is 4.57 Å². The molecular weight excluding hydrogens is 904 g/mol. The summed E-state index contributed by atoms with van der Waals surface area (Å²) in [5.74, 6) is 0.389. The van der Waals surface area contributed by atoms with Crippen molar-refractivity contribution in [3.8, 4) is 50.9 Å². The molecule has 290 valence electrons. The van der Waals surface area contributed by atoms with Crippen LogP contribution in [0.5, 0.6) is 11.5 Å². The van der Waals surface area contributed by atoms with E-state index >= 15 is 0 Å². The van der Waals surface area contributed by atoms with Gasteiger partial charge in [0.2, 0.25) is 0 Å². The van der Waals surface area contributed by atoms with Crippen LogP contribution in [-0.2, 0) is 27.4 Å². The number of fused-ring (bicyclic) bond motifs is 4. The second kappa shape index (κ2) is 15.7. The van der Waals surface area contributed by atoms with E-state index in [1.807, 2.05) is 30.3 Å². The van der Waals surface area contributed by atoms with Gasteiger partial charge in [-0.25, -0.2) is 4.98 Å². The van der Waals surface area contributed by atoms with Crippen molar-refractivity contribution in [3.05, 3.63) is 200 Å². The molecule has 0 aliphatic rings. The molecule has 0 radical (unpaired) electrons. The summed E-state index contributed by atoms with van der Waals surface area (Å²) in [6, 6.07) is 27.9. The van der Waals surface area contributed by atoms with Crippen molar-refractivity contribution < 1.29 is 50.9 Å². The van der Waals surface area contributed by atoms with Gasteiger partial charge >= 0.3 is 0 Å². The first-order valence-corrected chi connectivity index (χ1v) is 18.4. The fraction of sp³-hybridized carbons (Fsp3) is 0.0943. The normalized spacial score (nSPS) is 15.4. The predicted molar refractivity (Wildman–Crippen MR) is 234 cm³/mol. The summed E-state index contributed by atoms with van der Waals surface area (Å²) < 4.78 is 143. The van der Waals surface area contributed by atoms with Crippen LogP contribution in [0.25, 0.3) is 72.3 Å². The molecule has 0 aliphatic carbocycles. The third-order valence-electron chi connectivity index (χ3n) is 9.42. The molecular formula is C53H40N4OPt-2. The Hall–Kier alpha value is -6.55. The van der Waals surface area contributed by atoms with Crippen molar-refractivity contribution in [2.24, 2.45) is 5.41 Å². The summed E-state index contributed by atoms with van der Waals surface area (Å²) in [4.78, 5) is 4.39. The number of para-hydroxylation sites is 4. The summed E-state index contributed by atoms with van der Waals surface area (Å²) in [5.41, 5.74) is 1.07. The van der Waals surface area contributed by atoms with Crippen molar-refractivity contribution in [1.82, 2.24) is 14.1 Å². The van der Waals surface area contributed by atoms with Gasteiger partial charge in [-0.1, -0.05) is 147 Å². The van der Waals surface area contributed by atoms with Gasteiger partial charge in [-0.15, -0.1) is 29.7 Å². The molecule has 0 saturated carbocycles. The first-order chi connectivity index (χ1) is 34.5. The van der Waals surface area contributed by atoms with Gasteiger partial charge in [-0.05, 0) is 68.8 Å². The Bertz CT molecular complexity index is 3830. The van der Waals surface area contributed by atoms with Gasteiger partial charge in [0.25, 0.3) is 6.33 Å². The number of pyridine rings is 1. The number of benzene rings is 7. The van der Waals surface area contributed by atoms with Crippen LogP contribution in [0.1, 0.15) is 46.9 Å². The molecule has 10 aromatic rings. The molecule has 7 aromatic carbocycles. The summed E-state index contributed by atoms with van der Waals surface area (Å²) in [5, 5.41) is 1.47. The summed E-state index contributed by atoms with van der Waals surface area (Å²) in [6.45, 7) is 5.02. The molecule has 3 heterocycles. The van der Waals surface area contributed by atoms with E-state index in [4.69, 9.17) is 23.9 Å². The minimum absolute atomic E-state index is 0. The van der Waals surface area contributed by atoms with Gasteiger partial charge < -0.3 is 13.9 Å². The van der Waals surface area contributed by atoms with Crippen LogP contribution in [0.4, 0.5) is 0 Å². The molecule has 0 N–H and O–H groups in total. The van der Waals surface area contributed by atoms with E-state index in [1.165, 1.54) is 6.07 Å². The maximum Gasteiger partial charge on any atom is 0.268 e. The van der Waals surface area contributed by atoms with Crippen molar-refractivity contribution >= 4 is 32.8 Å². The molecule has 0 aliphatic heterocycles. The van der Waals surface area contributed by atoms with E-state index in [-0.39, 0.29) is 77.9 Å². The van der Waals surface area contributed by atoms with E-state index in [0.29, 0.717) is 33.1 Å². The molecule has 3 aromatic heterocycles. The molecule has 0 fully saturated rings. The average molecular weight is 959 g/mol. The Kier molecular flexibility index (Phi) is 6.47. The van der Waals surface area contributed by atoms with Gasteiger partial charge in [-0.2, -0.15) is 18.2 Å². The molecule has 59 heavy (non-hydrogen) atoms. The maximum absolute atomic E-state index is 9.34. The molecule has 0 unspecified atom stereocenters. The third-order valence-corrected chi connectivity index (χ3v) is 9.42. The van der Waals surface area contributed by atoms with Crippen molar-refractivity contribution in [1.29, 1.82) is 0 Å². The smallest absolute Gasteiger partial charge is 0.268 e. The Balaban J connectivity index is 0.00000672. The Morgan fingerprint density at radius 2 is 1.36 bits per heavy atom.